The number of rotatable bonds is 8. The molecule has 2 N–H and O–H groups in total. The fraction of sp³-hybridized carbons (Fsp3) is 0.545. The first-order chi connectivity index (χ1) is 14.0. The van der Waals surface area contributed by atoms with Crippen molar-refractivity contribution in [1.29, 1.82) is 0 Å². The minimum atomic E-state index is -0.0658. The standard InChI is InChI=1S/C22H31N3O3S/c1-15-10-16(2)20-17(11-15)12-18(21(26)24-20)13-25(14-19-6-4-9-28-19)22(29)23-7-5-8-27-3/h10-12,19H,4-9,13-14H2,1-3H3,(H,23,29)(H,24,26)/t19-/m0/s1. The highest BCUT2D eigenvalue weighted by molar-refractivity contribution is 7.80. The lowest BCUT2D eigenvalue weighted by Crippen LogP contribution is -2.44. The molecule has 0 radical (unpaired) electrons. The maximum atomic E-state index is 12.8. The average Bonchev–Trinajstić information content (AvgIpc) is 3.19. The third-order valence-corrected chi connectivity index (χ3v) is 5.67. The number of nitrogens with zero attached hydrogens (tertiary/aromatic N) is 1. The summed E-state index contributed by atoms with van der Waals surface area (Å²) >= 11 is 5.65. The zero-order chi connectivity index (χ0) is 20.8. The Balaban J connectivity index is 1.81. The molecule has 0 bridgehead atoms. The quantitative estimate of drug-likeness (QED) is 0.508. The molecular formula is C22H31N3O3S. The van der Waals surface area contributed by atoms with Gasteiger partial charge < -0.3 is 24.7 Å². The van der Waals surface area contributed by atoms with Crippen LogP contribution in [0.5, 0.6) is 0 Å². The average molecular weight is 418 g/mol. The molecule has 1 atom stereocenters. The molecule has 0 amide bonds. The van der Waals surface area contributed by atoms with Crippen molar-refractivity contribution in [3.63, 3.8) is 0 Å². The van der Waals surface area contributed by atoms with Crippen LogP contribution < -0.4 is 10.9 Å². The predicted molar refractivity (Wildman–Crippen MR) is 121 cm³/mol. The summed E-state index contributed by atoms with van der Waals surface area (Å²) in [6.45, 7) is 7.44. The van der Waals surface area contributed by atoms with Crippen LogP contribution in [0, 0.1) is 13.8 Å². The Labute approximate surface area is 177 Å². The van der Waals surface area contributed by atoms with Crippen LogP contribution in [0.3, 0.4) is 0 Å². The summed E-state index contributed by atoms with van der Waals surface area (Å²) < 4.78 is 10.9. The van der Waals surface area contributed by atoms with Crippen LogP contribution in [0.2, 0.25) is 0 Å². The van der Waals surface area contributed by atoms with Gasteiger partial charge in [-0.2, -0.15) is 0 Å². The minimum Gasteiger partial charge on any atom is -0.385 e. The SMILES string of the molecule is COCCCNC(=S)N(Cc1cc2cc(C)cc(C)c2[nH]c1=O)C[C@@H]1CCCO1. The summed E-state index contributed by atoms with van der Waals surface area (Å²) in [6.07, 6.45) is 3.12. The van der Waals surface area contributed by atoms with Crippen LogP contribution in [0.15, 0.2) is 23.0 Å². The number of hydrogen-bond acceptors (Lipinski definition) is 4. The second-order valence-electron chi connectivity index (χ2n) is 7.76. The van der Waals surface area contributed by atoms with E-state index in [1.54, 1.807) is 7.11 Å². The summed E-state index contributed by atoms with van der Waals surface area (Å²) in [5, 5.41) is 4.99. The normalized spacial score (nSPS) is 16.3. The van der Waals surface area contributed by atoms with Crippen LogP contribution in [-0.2, 0) is 16.0 Å². The number of thiocarbonyl (C=S) groups is 1. The first kappa shape index (κ1) is 21.7. The number of pyridine rings is 1. The maximum absolute atomic E-state index is 12.8. The first-order valence-electron chi connectivity index (χ1n) is 10.2. The van der Waals surface area contributed by atoms with E-state index in [2.05, 4.69) is 34.3 Å². The third kappa shape index (κ3) is 5.78. The van der Waals surface area contributed by atoms with Crippen molar-refractivity contribution < 1.29 is 9.47 Å². The van der Waals surface area contributed by atoms with Gasteiger partial charge in [-0.05, 0) is 68.4 Å². The van der Waals surface area contributed by atoms with Crippen molar-refractivity contribution in [1.82, 2.24) is 15.2 Å². The maximum Gasteiger partial charge on any atom is 0.253 e. The molecule has 0 unspecified atom stereocenters. The number of aromatic amines is 1. The Morgan fingerprint density at radius 1 is 1.38 bits per heavy atom. The molecule has 2 aromatic rings. The fourth-order valence-electron chi connectivity index (χ4n) is 3.83. The number of fused-ring (bicyclic) bond motifs is 1. The van der Waals surface area contributed by atoms with Gasteiger partial charge in [0.1, 0.15) is 0 Å². The van der Waals surface area contributed by atoms with Gasteiger partial charge in [0.05, 0.1) is 18.2 Å². The Kier molecular flexibility index (Phi) is 7.64. The fourth-order valence-corrected chi connectivity index (χ4v) is 4.07. The van der Waals surface area contributed by atoms with Gasteiger partial charge in [-0.15, -0.1) is 0 Å². The highest BCUT2D eigenvalue weighted by atomic mass is 32.1. The number of aryl methyl sites for hydroxylation is 2. The van der Waals surface area contributed by atoms with Crippen molar-refractivity contribution >= 4 is 28.2 Å². The van der Waals surface area contributed by atoms with E-state index in [4.69, 9.17) is 21.7 Å². The van der Waals surface area contributed by atoms with E-state index in [9.17, 15) is 4.79 Å². The molecule has 6 nitrogen and oxygen atoms in total. The number of H-pyrrole nitrogens is 1. The van der Waals surface area contributed by atoms with Crippen LogP contribution in [0.4, 0.5) is 0 Å². The topological polar surface area (TPSA) is 66.6 Å². The number of benzene rings is 1. The van der Waals surface area contributed by atoms with Crippen LogP contribution in [0.25, 0.3) is 10.9 Å². The monoisotopic (exact) mass is 417 g/mol. The lowest BCUT2D eigenvalue weighted by molar-refractivity contribution is 0.0896. The van der Waals surface area contributed by atoms with Crippen molar-refractivity contribution in [2.24, 2.45) is 0 Å². The van der Waals surface area contributed by atoms with Crippen molar-refractivity contribution in [3.05, 3.63) is 45.2 Å². The highest BCUT2D eigenvalue weighted by Crippen LogP contribution is 2.19. The van der Waals surface area contributed by atoms with Gasteiger partial charge in [0.25, 0.3) is 5.56 Å². The summed E-state index contributed by atoms with van der Waals surface area (Å²) in [4.78, 5) is 17.9. The van der Waals surface area contributed by atoms with Gasteiger partial charge in [-0.25, -0.2) is 0 Å². The van der Waals surface area contributed by atoms with E-state index >= 15 is 0 Å². The van der Waals surface area contributed by atoms with E-state index in [0.717, 1.165) is 48.9 Å². The minimum absolute atomic E-state index is 0.0658. The second-order valence-corrected chi connectivity index (χ2v) is 8.15. The molecule has 1 aliphatic heterocycles. The Morgan fingerprint density at radius 2 is 2.21 bits per heavy atom. The van der Waals surface area contributed by atoms with E-state index in [-0.39, 0.29) is 11.7 Å². The first-order valence-corrected chi connectivity index (χ1v) is 10.6. The number of hydrogen-bond donors (Lipinski definition) is 2. The van der Waals surface area contributed by atoms with Crippen molar-refractivity contribution in [2.45, 2.75) is 45.8 Å². The summed E-state index contributed by atoms with van der Waals surface area (Å²) in [6, 6.07) is 6.18. The molecule has 1 aromatic carbocycles. The van der Waals surface area contributed by atoms with Gasteiger partial charge in [-0.1, -0.05) is 11.6 Å². The molecule has 3 rings (SSSR count). The van der Waals surface area contributed by atoms with E-state index < -0.39 is 0 Å². The molecule has 1 saturated heterocycles. The van der Waals surface area contributed by atoms with Crippen LogP contribution in [0.1, 0.15) is 36.0 Å². The molecular weight excluding hydrogens is 386 g/mol. The van der Waals surface area contributed by atoms with E-state index in [1.165, 1.54) is 5.56 Å². The molecule has 29 heavy (non-hydrogen) atoms. The summed E-state index contributed by atoms with van der Waals surface area (Å²) in [7, 11) is 1.69. The van der Waals surface area contributed by atoms with Crippen molar-refractivity contribution in [2.75, 3.05) is 33.4 Å². The largest absolute Gasteiger partial charge is 0.385 e. The number of methoxy groups -OCH3 is 1. The van der Waals surface area contributed by atoms with Gasteiger partial charge in [0.15, 0.2) is 5.11 Å². The molecule has 1 aliphatic rings. The highest BCUT2D eigenvalue weighted by Gasteiger charge is 2.22. The summed E-state index contributed by atoms with van der Waals surface area (Å²) in [5.74, 6) is 0. The second kappa shape index (κ2) is 10.2. The molecule has 158 valence electrons. The van der Waals surface area contributed by atoms with Crippen LogP contribution in [-0.4, -0.2) is 54.5 Å². The van der Waals surface area contributed by atoms with Crippen molar-refractivity contribution in [3.8, 4) is 0 Å². The lowest BCUT2D eigenvalue weighted by Gasteiger charge is -2.28. The molecule has 0 spiro atoms. The Bertz CT molecular complexity index is 906. The molecule has 0 aliphatic carbocycles. The van der Waals surface area contributed by atoms with E-state index in [0.29, 0.717) is 30.4 Å². The van der Waals surface area contributed by atoms with Crippen LogP contribution >= 0.6 is 12.2 Å². The Hall–Kier alpha value is -1.96. The lowest BCUT2D eigenvalue weighted by atomic mass is 10.1. The number of ether oxygens (including phenoxy) is 2. The molecule has 7 heteroatoms. The zero-order valence-corrected chi connectivity index (χ0v) is 18.4. The third-order valence-electron chi connectivity index (χ3n) is 5.27. The van der Waals surface area contributed by atoms with Gasteiger partial charge in [0.2, 0.25) is 0 Å². The molecule has 2 heterocycles. The zero-order valence-electron chi connectivity index (χ0n) is 17.5. The predicted octanol–water partition coefficient (Wildman–Crippen LogP) is 3.04. The number of aromatic nitrogens is 1. The van der Waals surface area contributed by atoms with Gasteiger partial charge in [0, 0.05) is 39.0 Å². The van der Waals surface area contributed by atoms with E-state index in [1.807, 2.05) is 13.0 Å². The van der Waals surface area contributed by atoms with Gasteiger partial charge in [-0.3, -0.25) is 4.79 Å². The molecule has 0 saturated carbocycles. The van der Waals surface area contributed by atoms with Gasteiger partial charge >= 0.3 is 0 Å². The molecule has 1 fully saturated rings. The smallest absolute Gasteiger partial charge is 0.253 e. The number of nitrogens with one attached hydrogen (secondary N) is 2. The summed E-state index contributed by atoms with van der Waals surface area (Å²) in [5.41, 5.74) is 3.80. The Morgan fingerprint density at radius 3 is 2.93 bits per heavy atom. The molecule has 1 aromatic heterocycles.